The molecule has 2 aliphatic rings. The molecule has 6 heteroatoms. The van der Waals surface area contributed by atoms with Crippen molar-refractivity contribution in [1.82, 2.24) is 10.2 Å². The Morgan fingerprint density at radius 2 is 2.19 bits per heavy atom. The molecule has 0 amide bonds. The summed E-state index contributed by atoms with van der Waals surface area (Å²) >= 11 is 0. The fourth-order valence-electron chi connectivity index (χ4n) is 3.53. The van der Waals surface area contributed by atoms with Gasteiger partial charge in [0.25, 0.3) is 0 Å². The molecule has 1 aromatic rings. The molecule has 144 valence electrons. The fourth-order valence-corrected chi connectivity index (χ4v) is 3.53. The maximum absolute atomic E-state index is 5.96. The molecule has 3 rings (SSSR count). The summed E-state index contributed by atoms with van der Waals surface area (Å²) in [5.74, 6) is 1.87. The Bertz CT molecular complexity index is 587. The van der Waals surface area contributed by atoms with Crippen molar-refractivity contribution in [3.8, 4) is 5.75 Å². The van der Waals surface area contributed by atoms with Gasteiger partial charge in [0.1, 0.15) is 11.9 Å². The van der Waals surface area contributed by atoms with Crippen molar-refractivity contribution in [2.24, 2.45) is 4.99 Å². The Morgan fingerprint density at radius 1 is 1.31 bits per heavy atom. The molecule has 0 aromatic heterocycles. The standard InChI is InChI=1S/C20H31N3O3/c1-3-21-20(22-10-9-16-6-4-7-17(14-16)24-2)23-11-13-26-19(15-23)18-8-5-12-25-18/h4,6-7,14,18-19H,3,5,8-13,15H2,1-2H3,(H,21,22). The maximum Gasteiger partial charge on any atom is 0.194 e. The summed E-state index contributed by atoms with van der Waals surface area (Å²) < 4.78 is 17.1. The van der Waals surface area contributed by atoms with Crippen molar-refractivity contribution in [2.75, 3.05) is 46.5 Å². The molecule has 6 nitrogen and oxygen atoms in total. The number of guanidine groups is 1. The van der Waals surface area contributed by atoms with Crippen LogP contribution in [-0.2, 0) is 15.9 Å². The molecular formula is C20H31N3O3. The van der Waals surface area contributed by atoms with Crippen molar-refractivity contribution < 1.29 is 14.2 Å². The minimum Gasteiger partial charge on any atom is -0.497 e. The highest BCUT2D eigenvalue weighted by Crippen LogP contribution is 2.21. The number of aliphatic imine (C=N–C) groups is 1. The molecule has 2 unspecified atom stereocenters. The summed E-state index contributed by atoms with van der Waals surface area (Å²) in [7, 11) is 1.70. The van der Waals surface area contributed by atoms with Crippen LogP contribution in [0.4, 0.5) is 0 Å². The summed E-state index contributed by atoms with van der Waals surface area (Å²) in [6, 6.07) is 8.19. The minimum absolute atomic E-state index is 0.147. The Hall–Kier alpha value is -1.79. The number of nitrogens with zero attached hydrogens (tertiary/aromatic N) is 2. The van der Waals surface area contributed by atoms with Crippen LogP contribution in [0.2, 0.25) is 0 Å². The summed E-state index contributed by atoms with van der Waals surface area (Å²) in [5, 5.41) is 3.43. The number of rotatable bonds is 6. The van der Waals surface area contributed by atoms with E-state index in [0.717, 1.165) is 70.4 Å². The van der Waals surface area contributed by atoms with Gasteiger partial charge in [-0.1, -0.05) is 12.1 Å². The highest BCUT2D eigenvalue weighted by molar-refractivity contribution is 5.80. The first kappa shape index (κ1) is 19.0. The van der Waals surface area contributed by atoms with Gasteiger partial charge in [0.05, 0.1) is 19.8 Å². The van der Waals surface area contributed by atoms with Crippen molar-refractivity contribution >= 4 is 5.96 Å². The third kappa shape index (κ3) is 5.11. The number of morpholine rings is 1. The lowest BCUT2D eigenvalue weighted by molar-refractivity contribution is -0.0817. The van der Waals surface area contributed by atoms with E-state index in [2.05, 4.69) is 29.3 Å². The second-order valence-electron chi connectivity index (χ2n) is 6.74. The predicted molar refractivity (Wildman–Crippen MR) is 103 cm³/mol. The Labute approximate surface area is 156 Å². The van der Waals surface area contributed by atoms with E-state index in [-0.39, 0.29) is 12.2 Å². The van der Waals surface area contributed by atoms with E-state index in [1.165, 1.54) is 5.56 Å². The first-order valence-electron chi connectivity index (χ1n) is 9.69. The van der Waals surface area contributed by atoms with Crippen LogP contribution >= 0.6 is 0 Å². The number of benzene rings is 1. The van der Waals surface area contributed by atoms with Gasteiger partial charge in [-0.3, -0.25) is 4.99 Å². The first-order chi connectivity index (χ1) is 12.8. The number of nitrogens with one attached hydrogen (secondary N) is 1. The minimum atomic E-state index is 0.147. The average molecular weight is 361 g/mol. The lowest BCUT2D eigenvalue weighted by Crippen LogP contribution is -2.53. The van der Waals surface area contributed by atoms with Crippen molar-refractivity contribution in [1.29, 1.82) is 0 Å². The summed E-state index contributed by atoms with van der Waals surface area (Å²) in [5.41, 5.74) is 1.24. The molecule has 0 saturated carbocycles. The van der Waals surface area contributed by atoms with Crippen LogP contribution < -0.4 is 10.1 Å². The Kier molecular flexibility index (Phi) is 7.14. The van der Waals surface area contributed by atoms with Crippen LogP contribution in [0.1, 0.15) is 25.3 Å². The third-order valence-electron chi connectivity index (χ3n) is 4.90. The zero-order valence-electron chi connectivity index (χ0n) is 15.9. The normalized spacial score (nSPS) is 23.9. The second-order valence-corrected chi connectivity index (χ2v) is 6.74. The molecule has 2 aliphatic heterocycles. The van der Waals surface area contributed by atoms with Gasteiger partial charge in [-0.15, -0.1) is 0 Å². The monoisotopic (exact) mass is 361 g/mol. The molecule has 2 atom stereocenters. The van der Waals surface area contributed by atoms with Crippen LogP contribution in [0.3, 0.4) is 0 Å². The molecule has 0 aliphatic carbocycles. The smallest absolute Gasteiger partial charge is 0.194 e. The number of methoxy groups -OCH3 is 1. The Balaban J connectivity index is 1.58. The van der Waals surface area contributed by atoms with Gasteiger partial charge in [0.15, 0.2) is 5.96 Å². The molecule has 0 bridgehead atoms. The van der Waals surface area contributed by atoms with Gasteiger partial charge >= 0.3 is 0 Å². The average Bonchev–Trinajstić information content (AvgIpc) is 3.22. The van der Waals surface area contributed by atoms with E-state index < -0.39 is 0 Å². The van der Waals surface area contributed by atoms with E-state index in [1.807, 2.05) is 12.1 Å². The van der Waals surface area contributed by atoms with E-state index in [0.29, 0.717) is 0 Å². The molecule has 2 fully saturated rings. The molecule has 0 spiro atoms. The molecule has 1 aromatic carbocycles. The second kappa shape index (κ2) is 9.78. The number of hydrogen-bond acceptors (Lipinski definition) is 4. The zero-order valence-corrected chi connectivity index (χ0v) is 15.9. The molecular weight excluding hydrogens is 330 g/mol. The molecule has 26 heavy (non-hydrogen) atoms. The fraction of sp³-hybridized carbons (Fsp3) is 0.650. The van der Waals surface area contributed by atoms with Crippen molar-refractivity contribution in [3.63, 3.8) is 0 Å². The lowest BCUT2D eigenvalue weighted by Gasteiger charge is -2.37. The van der Waals surface area contributed by atoms with Crippen LogP contribution in [0.25, 0.3) is 0 Å². The molecule has 0 radical (unpaired) electrons. The SMILES string of the molecule is CCNC(=NCCc1cccc(OC)c1)N1CCOC(C2CCCO2)C1. The third-order valence-corrected chi connectivity index (χ3v) is 4.90. The van der Waals surface area contributed by atoms with Gasteiger partial charge in [-0.05, 0) is 43.9 Å². The summed E-state index contributed by atoms with van der Waals surface area (Å²) in [6.45, 7) is 7.01. The van der Waals surface area contributed by atoms with Crippen molar-refractivity contribution in [3.05, 3.63) is 29.8 Å². The van der Waals surface area contributed by atoms with Crippen LogP contribution in [-0.4, -0.2) is 69.6 Å². The van der Waals surface area contributed by atoms with Crippen LogP contribution in [0.15, 0.2) is 29.3 Å². The molecule has 1 N–H and O–H groups in total. The maximum atomic E-state index is 5.96. The highest BCUT2D eigenvalue weighted by Gasteiger charge is 2.32. The van der Waals surface area contributed by atoms with Gasteiger partial charge < -0.3 is 24.4 Å². The van der Waals surface area contributed by atoms with Gasteiger partial charge in [0.2, 0.25) is 0 Å². The quantitative estimate of drug-likeness (QED) is 0.621. The number of hydrogen-bond donors (Lipinski definition) is 1. The predicted octanol–water partition coefficient (Wildman–Crippen LogP) is 2.08. The first-order valence-corrected chi connectivity index (χ1v) is 9.69. The van der Waals surface area contributed by atoms with E-state index in [4.69, 9.17) is 19.2 Å². The lowest BCUT2D eigenvalue weighted by atomic mass is 10.1. The van der Waals surface area contributed by atoms with Gasteiger partial charge in [-0.25, -0.2) is 0 Å². The molecule has 2 saturated heterocycles. The summed E-state index contributed by atoms with van der Waals surface area (Å²) in [6.07, 6.45) is 3.51. The highest BCUT2D eigenvalue weighted by atomic mass is 16.5. The van der Waals surface area contributed by atoms with E-state index >= 15 is 0 Å². The van der Waals surface area contributed by atoms with Crippen LogP contribution in [0, 0.1) is 0 Å². The topological polar surface area (TPSA) is 55.3 Å². The summed E-state index contributed by atoms with van der Waals surface area (Å²) in [4.78, 5) is 7.15. The van der Waals surface area contributed by atoms with Gasteiger partial charge in [0, 0.05) is 32.8 Å². The zero-order chi connectivity index (χ0) is 18.2. The van der Waals surface area contributed by atoms with Crippen LogP contribution in [0.5, 0.6) is 5.75 Å². The van der Waals surface area contributed by atoms with E-state index in [9.17, 15) is 0 Å². The van der Waals surface area contributed by atoms with Crippen molar-refractivity contribution in [2.45, 2.75) is 38.4 Å². The Morgan fingerprint density at radius 3 is 2.96 bits per heavy atom. The van der Waals surface area contributed by atoms with E-state index in [1.54, 1.807) is 7.11 Å². The number of ether oxygens (including phenoxy) is 3. The largest absolute Gasteiger partial charge is 0.497 e. The molecule has 2 heterocycles. The van der Waals surface area contributed by atoms with Gasteiger partial charge in [-0.2, -0.15) is 0 Å².